The smallest absolute Gasteiger partial charge is 0.251 e. The Morgan fingerprint density at radius 3 is 2.19 bits per heavy atom. The van der Waals surface area contributed by atoms with Crippen LogP contribution in [-0.2, 0) is 0 Å². The van der Waals surface area contributed by atoms with Gasteiger partial charge in [-0.05, 0) is 13.0 Å². The number of unbranched alkanes of at least 4 members (excludes halogenated alkanes) is 5. The van der Waals surface area contributed by atoms with Crippen molar-refractivity contribution in [2.45, 2.75) is 51.9 Å². The van der Waals surface area contributed by atoms with Crippen LogP contribution >= 0.6 is 11.6 Å². The van der Waals surface area contributed by atoms with Crippen LogP contribution in [0.25, 0.3) is 0 Å². The maximum absolute atomic E-state index is 12.2. The first-order chi connectivity index (χ1) is 7.70. The lowest BCUT2D eigenvalue weighted by molar-refractivity contribution is 0.0902. The summed E-state index contributed by atoms with van der Waals surface area (Å²) in [5.74, 6) is 0.433. The van der Waals surface area contributed by atoms with Crippen molar-refractivity contribution in [3.05, 3.63) is 0 Å². The van der Waals surface area contributed by atoms with Gasteiger partial charge in [0, 0.05) is 12.4 Å². The predicted molar refractivity (Wildman–Crippen MR) is 66.5 cm³/mol. The van der Waals surface area contributed by atoms with Crippen molar-refractivity contribution in [3.8, 4) is 0 Å². The molecule has 0 aromatic carbocycles. The first-order valence-corrected chi connectivity index (χ1v) is 6.80. The highest BCUT2D eigenvalue weighted by Crippen LogP contribution is 2.07. The molecule has 0 saturated heterocycles. The van der Waals surface area contributed by atoms with E-state index in [1.165, 1.54) is 25.7 Å². The molecule has 0 aromatic rings. The molecule has 0 heterocycles. The number of hydrogen-bond acceptors (Lipinski definition) is 1. The molecule has 0 aromatic heterocycles. The van der Waals surface area contributed by atoms with Crippen LogP contribution in [0.1, 0.15) is 45.4 Å². The van der Waals surface area contributed by atoms with Gasteiger partial charge in [-0.15, -0.1) is 11.6 Å². The summed E-state index contributed by atoms with van der Waals surface area (Å²) < 4.78 is 24.4. The zero-order valence-electron chi connectivity index (χ0n) is 10.2. The molecule has 0 fully saturated rings. The molecule has 4 heteroatoms. The van der Waals surface area contributed by atoms with E-state index in [-0.39, 0.29) is 6.54 Å². The van der Waals surface area contributed by atoms with Crippen LogP contribution in [0.5, 0.6) is 0 Å². The molecule has 0 bridgehead atoms. The Balaban J connectivity index is 3.44. The van der Waals surface area contributed by atoms with Crippen molar-refractivity contribution < 1.29 is 8.78 Å². The molecule has 98 valence electrons. The third kappa shape index (κ3) is 10.6. The first-order valence-electron chi connectivity index (χ1n) is 6.27. The third-order valence-electron chi connectivity index (χ3n) is 2.62. The van der Waals surface area contributed by atoms with Gasteiger partial charge in [0.25, 0.3) is 6.43 Å². The maximum atomic E-state index is 12.2. The number of nitrogens with zero attached hydrogens (tertiary/aromatic N) is 1. The number of rotatable bonds is 11. The van der Waals surface area contributed by atoms with E-state index in [1.54, 1.807) is 4.90 Å². The molecule has 0 amide bonds. The highest BCUT2D eigenvalue weighted by atomic mass is 35.5. The highest BCUT2D eigenvalue weighted by molar-refractivity contribution is 6.18. The Morgan fingerprint density at radius 1 is 1.00 bits per heavy atom. The van der Waals surface area contributed by atoms with Crippen LogP contribution in [0, 0.1) is 0 Å². The molecule has 0 atom stereocenters. The second-order valence-electron chi connectivity index (χ2n) is 4.15. The van der Waals surface area contributed by atoms with Gasteiger partial charge in [-0.3, -0.25) is 4.90 Å². The minimum Gasteiger partial charge on any atom is -0.297 e. The topological polar surface area (TPSA) is 3.24 Å². The zero-order chi connectivity index (χ0) is 12.2. The fraction of sp³-hybridized carbons (Fsp3) is 1.00. The lowest BCUT2D eigenvalue weighted by Crippen LogP contribution is -2.31. The van der Waals surface area contributed by atoms with Crippen molar-refractivity contribution >= 4 is 11.6 Å². The Labute approximate surface area is 103 Å². The number of halogens is 3. The van der Waals surface area contributed by atoms with Crippen molar-refractivity contribution in [2.24, 2.45) is 0 Å². The Morgan fingerprint density at radius 2 is 1.62 bits per heavy atom. The van der Waals surface area contributed by atoms with Crippen molar-refractivity contribution in [2.75, 3.05) is 25.5 Å². The van der Waals surface area contributed by atoms with E-state index in [4.69, 9.17) is 11.6 Å². The van der Waals surface area contributed by atoms with Crippen LogP contribution in [0.4, 0.5) is 8.78 Å². The minimum absolute atomic E-state index is 0.137. The quantitative estimate of drug-likeness (QED) is 0.396. The molecule has 0 spiro atoms. The summed E-state index contributed by atoms with van der Waals surface area (Å²) >= 11 is 5.57. The summed E-state index contributed by atoms with van der Waals surface area (Å²) in [6.07, 6.45) is 4.91. The van der Waals surface area contributed by atoms with Crippen molar-refractivity contribution in [1.82, 2.24) is 4.90 Å². The van der Waals surface area contributed by atoms with Gasteiger partial charge < -0.3 is 0 Å². The van der Waals surface area contributed by atoms with Gasteiger partial charge in [-0.1, -0.05) is 39.0 Å². The summed E-state index contributed by atoms with van der Waals surface area (Å²) in [6, 6.07) is 0. The predicted octanol–water partition coefficient (Wildman–Crippen LogP) is 4.15. The molecule has 0 rings (SSSR count). The van der Waals surface area contributed by atoms with Crippen molar-refractivity contribution in [1.29, 1.82) is 0 Å². The van der Waals surface area contributed by atoms with E-state index in [0.717, 1.165) is 19.4 Å². The van der Waals surface area contributed by atoms with Gasteiger partial charge in [-0.25, -0.2) is 8.78 Å². The van der Waals surface area contributed by atoms with Gasteiger partial charge in [0.2, 0.25) is 0 Å². The molecule has 0 N–H and O–H groups in total. The molecule has 0 saturated carbocycles. The van der Waals surface area contributed by atoms with Gasteiger partial charge in [-0.2, -0.15) is 0 Å². The summed E-state index contributed by atoms with van der Waals surface area (Å²) in [5.41, 5.74) is 0. The standard InChI is InChI=1S/C12H24ClF2N/c1-2-3-4-5-6-7-9-16(10-8-13)11-12(14)15/h12H,2-11H2,1H3. The summed E-state index contributed by atoms with van der Waals surface area (Å²) in [7, 11) is 0. The largest absolute Gasteiger partial charge is 0.297 e. The number of alkyl halides is 3. The summed E-state index contributed by atoms with van der Waals surface area (Å²) in [6.45, 7) is 3.37. The van der Waals surface area contributed by atoms with E-state index < -0.39 is 6.43 Å². The lowest BCUT2D eigenvalue weighted by Gasteiger charge is -2.20. The third-order valence-corrected chi connectivity index (χ3v) is 2.79. The van der Waals surface area contributed by atoms with E-state index in [2.05, 4.69) is 6.92 Å². The van der Waals surface area contributed by atoms with Gasteiger partial charge in [0.05, 0.1) is 6.54 Å². The van der Waals surface area contributed by atoms with E-state index in [0.29, 0.717) is 12.4 Å². The van der Waals surface area contributed by atoms with Crippen LogP contribution in [0.3, 0.4) is 0 Å². The first kappa shape index (κ1) is 16.1. The zero-order valence-corrected chi connectivity index (χ0v) is 11.0. The summed E-state index contributed by atoms with van der Waals surface area (Å²) in [4.78, 5) is 1.76. The SMILES string of the molecule is CCCCCCCCN(CCCl)CC(F)F. The fourth-order valence-electron chi connectivity index (χ4n) is 1.72. The normalized spacial score (nSPS) is 11.6. The molecule has 0 aliphatic rings. The summed E-state index contributed by atoms with van der Waals surface area (Å²) in [5, 5.41) is 0. The average Bonchev–Trinajstić information content (AvgIpc) is 2.22. The van der Waals surface area contributed by atoms with E-state index in [1.807, 2.05) is 0 Å². The number of hydrogen-bond donors (Lipinski definition) is 0. The van der Waals surface area contributed by atoms with Crippen LogP contribution in [0.15, 0.2) is 0 Å². The molecule has 1 nitrogen and oxygen atoms in total. The molecule has 0 unspecified atom stereocenters. The second-order valence-corrected chi connectivity index (χ2v) is 4.53. The fourth-order valence-corrected chi connectivity index (χ4v) is 1.96. The van der Waals surface area contributed by atoms with Gasteiger partial charge in [0.1, 0.15) is 0 Å². The lowest BCUT2D eigenvalue weighted by atomic mass is 10.1. The van der Waals surface area contributed by atoms with Gasteiger partial charge in [0.15, 0.2) is 0 Å². The maximum Gasteiger partial charge on any atom is 0.251 e. The molecule has 0 aliphatic carbocycles. The Kier molecular flexibility index (Phi) is 11.7. The average molecular weight is 256 g/mol. The van der Waals surface area contributed by atoms with Crippen molar-refractivity contribution in [3.63, 3.8) is 0 Å². The van der Waals surface area contributed by atoms with Gasteiger partial charge >= 0.3 is 0 Å². The Hall–Kier alpha value is 0.110. The van der Waals surface area contributed by atoms with E-state index >= 15 is 0 Å². The molecule has 0 radical (unpaired) electrons. The molecular formula is C12H24ClF2N. The highest BCUT2D eigenvalue weighted by Gasteiger charge is 2.10. The van der Waals surface area contributed by atoms with Crippen LogP contribution in [-0.4, -0.2) is 36.8 Å². The minimum atomic E-state index is -2.25. The molecule has 16 heavy (non-hydrogen) atoms. The molecule has 0 aliphatic heterocycles. The monoisotopic (exact) mass is 255 g/mol. The molecular weight excluding hydrogens is 232 g/mol. The second kappa shape index (κ2) is 11.6. The van der Waals surface area contributed by atoms with E-state index in [9.17, 15) is 8.78 Å². The Bertz CT molecular complexity index is 145. The van der Waals surface area contributed by atoms with Crippen LogP contribution in [0.2, 0.25) is 0 Å². The van der Waals surface area contributed by atoms with Crippen LogP contribution < -0.4 is 0 Å².